The molecule has 0 unspecified atom stereocenters. The fraction of sp³-hybridized carbons (Fsp3) is 0.333. The first-order valence-electron chi connectivity index (χ1n) is 4.07. The number of amides is 1. The first-order chi connectivity index (χ1) is 6.27. The Morgan fingerprint density at radius 2 is 2.46 bits per heavy atom. The van der Waals surface area contributed by atoms with E-state index in [1.807, 2.05) is 6.92 Å². The van der Waals surface area contributed by atoms with Gasteiger partial charge in [0.2, 0.25) is 5.88 Å². The topological polar surface area (TPSA) is 51.2 Å². The van der Waals surface area contributed by atoms with E-state index in [0.717, 1.165) is 0 Å². The first kappa shape index (κ1) is 9.51. The van der Waals surface area contributed by atoms with Crippen LogP contribution in [0.4, 0.5) is 0 Å². The van der Waals surface area contributed by atoms with Crippen LogP contribution in [0.2, 0.25) is 0 Å². The predicted octanol–water partition coefficient (Wildman–Crippen LogP) is 1.09. The van der Waals surface area contributed by atoms with Gasteiger partial charge in [0.05, 0.1) is 7.11 Å². The van der Waals surface area contributed by atoms with E-state index in [1.54, 1.807) is 18.2 Å². The molecule has 4 nitrogen and oxygen atoms in total. The number of ether oxygens (including phenoxy) is 1. The summed E-state index contributed by atoms with van der Waals surface area (Å²) < 4.78 is 4.89. The minimum atomic E-state index is -0.179. The third-order valence-electron chi connectivity index (χ3n) is 1.50. The fourth-order valence-electron chi connectivity index (χ4n) is 0.906. The summed E-state index contributed by atoms with van der Waals surface area (Å²) in [5.41, 5.74) is 0.376. The zero-order valence-corrected chi connectivity index (χ0v) is 7.70. The van der Waals surface area contributed by atoms with E-state index in [1.165, 1.54) is 7.11 Å². The highest BCUT2D eigenvalue weighted by molar-refractivity contribution is 5.92. The van der Waals surface area contributed by atoms with E-state index >= 15 is 0 Å². The number of pyridine rings is 1. The van der Waals surface area contributed by atoms with Gasteiger partial charge in [0.15, 0.2) is 0 Å². The summed E-state index contributed by atoms with van der Waals surface area (Å²) in [6.07, 6.45) is 0. The van der Waals surface area contributed by atoms with Gasteiger partial charge in [0, 0.05) is 14.0 Å². The van der Waals surface area contributed by atoms with Gasteiger partial charge in [0.1, 0.15) is 5.69 Å². The molecule has 0 spiro atoms. The average molecular weight is 182 g/mol. The maximum absolute atomic E-state index is 11.3. The molecule has 1 N–H and O–H groups in total. The van der Waals surface area contributed by atoms with Crippen LogP contribution in [0.3, 0.4) is 0 Å². The molecule has 1 amide bonds. The molecule has 13 heavy (non-hydrogen) atoms. The number of nitrogens with one attached hydrogen (secondary N) is 1. The van der Waals surface area contributed by atoms with Crippen LogP contribution in [0.15, 0.2) is 18.2 Å². The van der Waals surface area contributed by atoms with Crippen molar-refractivity contribution in [3.8, 4) is 5.88 Å². The van der Waals surface area contributed by atoms with Gasteiger partial charge in [-0.25, -0.2) is 4.98 Å². The molecule has 0 fully saturated rings. The highest BCUT2D eigenvalue weighted by atomic mass is 16.5. The standard InChI is InChI=1S/C9H12N2O2.H2/c1-3-10-9(12)7-5-4-6-8(11-7)13-2;/h4-6H,3H2,1-2H3,(H,10,12);1H. The minimum absolute atomic E-state index is 0. The van der Waals surface area contributed by atoms with Crippen molar-refractivity contribution in [2.45, 2.75) is 6.92 Å². The second-order valence-corrected chi connectivity index (χ2v) is 2.42. The molecule has 0 aliphatic carbocycles. The first-order valence-corrected chi connectivity index (χ1v) is 4.07. The van der Waals surface area contributed by atoms with Crippen LogP contribution < -0.4 is 10.1 Å². The van der Waals surface area contributed by atoms with Crippen molar-refractivity contribution in [3.63, 3.8) is 0 Å². The normalized spacial score (nSPS) is 9.38. The molecule has 1 aromatic heterocycles. The molecule has 0 saturated carbocycles. The lowest BCUT2D eigenvalue weighted by Gasteiger charge is -2.02. The molecule has 0 bridgehead atoms. The number of hydrogen-bond acceptors (Lipinski definition) is 3. The van der Waals surface area contributed by atoms with Crippen LogP contribution in [-0.2, 0) is 0 Å². The molecule has 1 heterocycles. The van der Waals surface area contributed by atoms with Crippen molar-refractivity contribution in [1.82, 2.24) is 10.3 Å². The monoisotopic (exact) mass is 182 g/mol. The number of nitrogens with zero attached hydrogens (tertiary/aromatic N) is 1. The molecule has 0 aromatic carbocycles. The van der Waals surface area contributed by atoms with Gasteiger partial charge in [-0.05, 0) is 13.0 Å². The summed E-state index contributed by atoms with van der Waals surface area (Å²) in [6.45, 7) is 2.45. The Balaban J connectivity index is 0.00000169. The summed E-state index contributed by atoms with van der Waals surface area (Å²) in [5, 5.41) is 2.66. The number of methoxy groups -OCH3 is 1. The Kier molecular flexibility index (Phi) is 3.25. The van der Waals surface area contributed by atoms with Crippen molar-refractivity contribution < 1.29 is 11.0 Å². The van der Waals surface area contributed by atoms with Crippen LogP contribution in [0, 0.1) is 0 Å². The van der Waals surface area contributed by atoms with Crippen molar-refractivity contribution in [2.24, 2.45) is 0 Å². The van der Waals surface area contributed by atoms with Gasteiger partial charge < -0.3 is 10.1 Å². The van der Waals surface area contributed by atoms with Crippen LogP contribution in [0.1, 0.15) is 18.8 Å². The minimum Gasteiger partial charge on any atom is -0.481 e. The van der Waals surface area contributed by atoms with Crippen molar-refractivity contribution in [1.29, 1.82) is 0 Å². The average Bonchev–Trinajstić information content (AvgIpc) is 2.18. The largest absolute Gasteiger partial charge is 0.481 e. The Hall–Kier alpha value is -1.58. The lowest BCUT2D eigenvalue weighted by atomic mass is 10.3. The zero-order chi connectivity index (χ0) is 9.68. The third kappa shape index (κ3) is 2.43. The van der Waals surface area contributed by atoms with Gasteiger partial charge in [0.25, 0.3) is 5.91 Å². The van der Waals surface area contributed by atoms with E-state index in [0.29, 0.717) is 18.1 Å². The summed E-state index contributed by atoms with van der Waals surface area (Å²) in [5.74, 6) is 0.269. The number of carbonyl (C=O) groups is 1. The Bertz CT molecular complexity index is 305. The van der Waals surface area contributed by atoms with E-state index in [2.05, 4.69) is 10.3 Å². The summed E-state index contributed by atoms with van der Waals surface area (Å²) >= 11 is 0. The molecule has 4 heteroatoms. The van der Waals surface area contributed by atoms with Crippen molar-refractivity contribution in [3.05, 3.63) is 23.9 Å². The molecule has 0 aliphatic heterocycles. The number of aromatic nitrogens is 1. The molecule has 0 radical (unpaired) electrons. The molecule has 0 atom stereocenters. The van der Waals surface area contributed by atoms with Gasteiger partial charge >= 0.3 is 0 Å². The SMILES string of the molecule is CCNC(=O)c1cccc(OC)n1.[HH]. The van der Waals surface area contributed by atoms with E-state index in [4.69, 9.17) is 4.74 Å². The second-order valence-electron chi connectivity index (χ2n) is 2.42. The number of hydrogen-bond donors (Lipinski definition) is 1. The van der Waals surface area contributed by atoms with Crippen LogP contribution in [-0.4, -0.2) is 24.5 Å². The molecular weight excluding hydrogens is 168 g/mol. The molecule has 1 rings (SSSR count). The van der Waals surface area contributed by atoms with Gasteiger partial charge in [-0.3, -0.25) is 4.79 Å². The van der Waals surface area contributed by atoms with E-state index < -0.39 is 0 Å². The molecule has 1 aromatic rings. The number of carbonyl (C=O) groups excluding carboxylic acids is 1. The van der Waals surface area contributed by atoms with Gasteiger partial charge in [-0.1, -0.05) is 6.07 Å². The van der Waals surface area contributed by atoms with Crippen LogP contribution in [0.5, 0.6) is 5.88 Å². The maximum Gasteiger partial charge on any atom is 0.270 e. The lowest BCUT2D eigenvalue weighted by Crippen LogP contribution is -2.23. The molecule has 0 saturated heterocycles. The lowest BCUT2D eigenvalue weighted by molar-refractivity contribution is 0.0950. The van der Waals surface area contributed by atoms with E-state index in [9.17, 15) is 4.79 Å². The summed E-state index contributed by atoms with van der Waals surface area (Å²) in [4.78, 5) is 15.3. The van der Waals surface area contributed by atoms with Crippen LogP contribution >= 0.6 is 0 Å². The second kappa shape index (κ2) is 4.45. The fourth-order valence-corrected chi connectivity index (χ4v) is 0.906. The third-order valence-corrected chi connectivity index (χ3v) is 1.50. The molecular formula is C9H14N2O2. The maximum atomic E-state index is 11.3. The zero-order valence-electron chi connectivity index (χ0n) is 7.70. The van der Waals surface area contributed by atoms with Gasteiger partial charge in [-0.2, -0.15) is 0 Å². The summed E-state index contributed by atoms with van der Waals surface area (Å²) in [6, 6.07) is 5.08. The Labute approximate surface area is 78.4 Å². The highest BCUT2D eigenvalue weighted by Crippen LogP contribution is 2.05. The van der Waals surface area contributed by atoms with Gasteiger partial charge in [-0.15, -0.1) is 0 Å². The van der Waals surface area contributed by atoms with Crippen molar-refractivity contribution >= 4 is 5.91 Å². The number of rotatable bonds is 3. The molecule has 72 valence electrons. The quantitative estimate of drug-likeness (QED) is 0.761. The smallest absolute Gasteiger partial charge is 0.270 e. The summed E-state index contributed by atoms with van der Waals surface area (Å²) in [7, 11) is 1.52. The Morgan fingerprint density at radius 1 is 1.69 bits per heavy atom. The Morgan fingerprint density at radius 3 is 3.08 bits per heavy atom. The highest BCUT2D eigenvalue weighted by Gasteiger charge is 2.05. The van der Waals surface area contributed by atoms with Crippen LogP contribution in [0.25, 0.3) is 0 Å². The van der Waals surface area contributed by atoms with E-state index in [-0.39, 0.29) is 7.33 Å². The predicted molar refractivity (Wildman–Crippen MR) is 50.9 cm³/mol. The van der Waals surface area contributed by atoms with Crippen molar-refractivity contribution in [2.75, 3.05) is 13.7 Å². The molecule has 0 aliphatic rings.